The van der Waals surface area contributed by atoms with Gasteiger partial charge in [-0.15, -0.1) is 0 Å². The van der Waals surface area contributed by atoms with Gasteiger partial charge in [0.15, 0.2) is 0 Å². The molecule has 0 spiro atoms. The van der Waals surface area contributed by atoms with E-state index >= 15 is 0 Å². The second-order valence-electron chi connectivity index (χ2n) is 5.15. The van der Waals surface area contributed by atoms with E-state index in [0.29, 0.717) is 17.7 Å². The van der Waals surface area contributed by atoms with Gasteiger partial charge in [0, 0.05) is 6.54 Å². The minimum Gasteiger partial charge on any atom is -0.326 e. The molecule has 0 bridgehead atoms. The molecule has 1 heterocycles. The summed E-state index contributed by atoms with van der Waals surface area (Å²) in [5.41, 5.74) is 8.48. The fourth-order valence-corrected chi connectivity index (χ4v) is 2.64. The molecule has 3 rings (SSSR count). The minimum absolute atomic E-state index is 0.231. The second kappa shape index (κ2) is 5.14. The van der Waals surface area contributed by atoms with Crippen LogP contribution in [-0.4, -0.2) is 16.7 Å². The smallest absolute Gasteiger partial charge is 0.262 e. The van der Waals surface area contributed by atoms with Crippen molar-refractivity contribution >= 4 is 11.8 Å². The van der Waals surface area contributed by atoms with Gasteiger partial charge in [-0.2, -0.15) is 0 Å². The van der Waals surface area contributed by atoms with Crippen molar-refractivity contribution in [2.45, 2.75) is 19.5 Å². The predicted octanol–water partition coefficient (Wildman–Crippen LogP) is 2.50. The summed E-state index contributed by atoms with van der Waals surface area (Å²) < 4.78 is 0. The molecule has 4 heteroatoms. The highest BCUT2D eigenvalue weighted by atomic mass is 16.2. The number of imide groups is 1. The molecule has 1 aliphatic heterocycles. The van der Waals surface area contributed by atoms with Crippen LogP contribution in [0, 0.1) is 0 Å². The standard InChI is InChI=1S/C17H16N2O2/c1-11(13-8-6-12(10-18)7-9-13)19-16(20)14-4-2-3-5-15(14)17(19)21/h2-9,11H,10,18H2,1H3. The van der Waals surface area contributed by atoms with Gasteiger partial charge < -0.3 is 5.73 Å². The Balaban J connectivity index is 1.94. The molecule has 1 aliphatic rings. The third-order valence-corrected chi connectivity index (χ3v) is 3.91. The monoisotopic (exact) mass is 280 g/mol. The number of amides is 2. The zero-order valence-electron chi connectivity index (χ0n) is 11.7. The molecule has 0 saturated carbocycles. The zero-order chi connectivity index (χ0) is 15.0. The van der Waals surface area contributed by atoms with Crippen LogP contribution in [0.25, 0.3) is 0 Å². The second-order valence-corrected chi connectivity index (χ2v) is 5.15. The summed E-state index contributed by atoms with van der Waals surface area (Å²) in [6, 6.07) is 14.3. The maximum Gasteiger partial charge on any atom is 0.262 e. The summed E-state index contributed by atoms with van der Waals surface area (Å²) in [5, 5.41) is 0. The van der Waals surface area contributed by atoms with Crippen molar-refractivity contribution in [2.75, 3.05) is 0 Å². The highest BCUT2D eigenvalue weighted by Gasteiger charge is 2.38. The normalized spacial score (nSPS) is 15.2. The lowest BCUT2D eigenvalue weighted by atomic mass is 10.0. The van der Waals surface area contributed by atoms with Gasteiger partial charge in [0.25, 0.3) is 11.8 Å². The van der Waals surface area contributed by atoms with Crippen LogP contribution in [0.4, 0.5) is 0 Å². The van der Waals surface area contributed by atoms with E-state index in [1.165, 1.54) is 4.90 Å². The first kappa shape index (κ1) is 13.5. The molecule has 2 amide bonds. The van der Waals surface area contributed by atoms with Crippen molar-refractivity contribution in [1.82, 2.24) is 4.90 Å². The molecular weight excluding hydrogens is 264 g/mol. The van der Waals surface area contributed by atoms with Gasteiger partial charge in [0.1, 0.15) is 0 Å². The Morgan fingerprint density at radius 3 is 1.95 bits per heavy atom. The van der Waals surface area contributed by atoms with E-state index in [2.05, 4.69) is 0 Å². The molecule has 21 heavy (non-hydrogen) atoms. The molecule has 0 aliphatic carbocycles. The number of fused-ring (bicyclic) bond motifs is 1. The van der Waals surface area contributed by atoms with Crippen LogP contribution in [-0.2, 0) is 6.54 Å². The van der Waals surface area contributed by atoms with E-state index in [0.717, 1.165) is 11.1 Å². The van der Waals surface area contributed by atoms with Crippen molar-refractivity contribution in [1.29, 1.82) is 0 Å². The summed E-state index contributed by atoms with van der Waals surface area (Å²) >= 11 is 0. The summed E-state index contributed by atoms with van der Waals surface area (Å²) in [6.45, 7) is 2.33. The third kappa shape index (κ3) is 2.14. The van der Waals surface area contributed by atoms with Gasteiger partial charge >= 0.3 is 0 Å². The first-order valence-electron chi connectivity index (χ1n) is 6.89. The molecular formula is C17H16N2O2. The maximum absolute atomic E-state index is 12.4. The van der Waals surface area contributed by atoms with Crippen LogP contribution in [0.3, 0.4) is 0 Å². The number of nitrogens with zero attached hydrogens (tertiary/aromatic N) is 1. The number of hydrogen-bond acceptors (Lipinski definition) is 3. The van der Waals surface area contributed by atoms with E-state index in [9.17, 15) is 9.59 Å². The number of carbonyl (C=O) groups is 2. The highest BCUT2D eigenvalue weighted by molar-refractivity contribution is 6.21. The molecule has 0 radical (unpaired) electrons. The van der Waals surface area contributed by atoms with Gasteiger partial charge in [0.2, 0.25) is 0 Å². The van der Waals surface area contributed by atoms with E-state index in [4.69, 9.17) is 5.73 Å². The Labute approximate surface area is 123 Å². The lowest BCUT2D eigenvalue weighted by Gasteiger charge is -2.23. The number of benzene rings is 2. The average molecular weight is 280 g/mol. The van der Waals surface area contributed by atoms with Crippen molar-refractivity contribution in [3.8, 4) is 0 Å². The molecule has 4 nitrogen and oxygen atoms in total. The van der Waals surface area contributed by atoms with E-state index in [-0.39, 0.29) is 17.9 Å². The van der Waals surface area contributed by atoms with Crippen LogP contribution in [0.1, 0.15) is 44.8 Å². The molecule has 2 N–H and O–H groups in total. The van der Waals surface area contributed by atoms with Crippen LogP contribution in [0.2, 0.25) is 0 Å². The lowest BCUT2D eigenvalue weighted by Crippen LogP contribution is -2.32. The van der Waals surface area contributed by atoms with Crippen molar-refractivity contribution < 1.29 is 9.59 Å². The molecule has 1 unspecified atom stereocenters. The number of nitrogens with two attached hydrogens (primary N) is 1. The van der Waals surface area contributed by atoms with E-state index < -0.39 is 0 Å². The van der Waals surface area contributed by atoms with Gasteiger partial charge in [0.05, 0.1) is 17.2 Å². The topological polar surface area (TPSA) is 63.4 Å². The molecule has 0 fully saturated rings. The molecule has 106 valence electrons. The first-order valence-corrected chi connectivity index (χ1v) is 6.89. The Morgan fingerprint density at radius 1 is 0.952 bits per heavy atom. The van der Waals surface area contributed by atoms with E-state index in [1.807, 2.05) is 31.2 Å². The molecule has 2 aromatic rings. The zero-order valence-corrected chi connectivity index (χ0v) is 11.7. The van der Waals surface area contributed by atoms with Crippen molar-refractivity contribution in [3.63, 3.8) is 0 Å². The van der Waals surface area contributed by atoms with Crippen molar-refractivity contribution in [3.05, 3.63) is 70.8 Å². The molecule has 1 atom stereocenters. The summed E-state index contributed by atoms with van der Waals surface area (Å²) in [6.07, 6.45) is 0. The lowest BCUT2D eigenvalue weighted by molar-refractivity contribution is 0.0595. The Morgan fingerprint density at radius 2 is 1.48 bits per heavy atom. The number of carbonyl (C=O) groups excluding carboxylic acids is 2. The Bertz CT molecular complexity index is 672. The first-order chi connectivity index (χ1) is 10.1. The van der Waals surface area contributed by atoms with Gasteiger partial charge in [-0.25, -0.2) is 0 Å². The molecule has 2 aromatic carbocycles. The number of hydrogen-bond donors (Lipinski definition) is 1. The SMILES string of the molecule is CC(c1ccc(CN)cc1)N1C(=O)c2ccccc2C1=O. The van der Waals surface area contributed by atoms with Crippen LogP contribution in [0.5, 0.6) is 0 Å². The largest absolute Gasteiger partial charge is 0.326 e. The molecule has 0 saturated heterocycles. The van der Waals surface area contributed by atoms with Crippen LogP contribution >= 0.6 is 0 Å². The fourth-order valence-electron chi connectivity index (χ4n) is 2.64. The van der Waals surface area contributed by atoms with Crippen molar-refractivity contribution in [2.24, 2.45) is 5.73 Å². The highest BCUT2D eigenvalue weighted by Crippen LogP contribution is 2.31. The third-order valence-electron chi connectivity index (χ3n) is 3.91. The van der Waals surface area contributed by atoms with E-state index in [1.54, 1.807) is 24.3 Å². The average Bonchev–Trinajstić information content (AvgIpc) is 2.79. The van der Waals surface area contributed by atoms with Crippen LogP contribution in [0.15, 0.2) is 48.5 Å². The van der Waals surface area contributed by atoms with Gasteiger partial charge in [-0.05, 0) is 30.2 Å². The fraction of sp³-hybridized carbons (Fsp3) is 0.176. The summed E-state index contributed by atoms with van der Waals surface area (Å²) in [7, 11) is 0. The quantitative estimate of drug-likeness (QED) is 0.879. The van der Waals surface area contributed by atoms with Crippen LogP contribution < -0.4 is 5.73 Å². The molecule has 0 aromatic heterocycles. The summed E-state index contributed by atoms with van der Waals surface area (Å²) in [4.78, 5) is 26.2. The maximum atomic E-state index is 12.4. The number of rotatable bonds is 3. The minimum atomic E-state index is -0.302. The Hall–Kier alpha value is -2.46. The predicted molar refractivity (Wildman–Crippen MR) is 79.7 cm³/mol. The summed E-state index contributed by atoms with van der Waals surface area (Å²) in [5.74, 6) is -0.461. The van der Waals surface area contributed by atoms with Gasteiger partial charge in [-0.1, -0.05) is 36.4 Å². The Kier molecular flexibility index (Phi) is 3.31. The van der Waals surface area contributed by atoms with Gasteiger partial charge in [-0.3, -0.25) is 14.5 Å².